The summed E-state index contributed by atoms with van der Waals surface area (Å²) in [6.07, 6.45) is 2.00. The molecule has 2 atom stereocenters. The quantitative estimate of drug-likeness (QED) is 0.726. The molecule has 0 amide bonds. The maximum Gasteiger partial charge on any atom is 0.252 e. The molecule has 1 saturated carbocycles. The molecule has 2 aliphatic rings. The SMILES string of the molecule is FC1(F)CC[C@H]2CN(c3cc(Cl)ncn3)C[C@@H]21. The standard InChI is InChI=1S/C11H12ClF2N3/c12-9-3-10(16-6-15-9)17-4-7-1-2-11(13,14)8(7)5-17/h3,6-8H,1-2,4-5H2/t7-,8-/m0/s1. The number of nitrogens with zero attached hydrogens (tertiary/aromatic N) is 3. The van der Waals surface area contributed by atoms with Gasteiger partial charge in [0.1, 0.15) is 17.3 Å². The molecule has 0 radical (unpaired) electrons. The highest BCUT2D eigenvalue weighted by Crippen LogP contribution is 2.48. The van der Waals surface area contributed by atoms with Crippen LogP contribution in [0.15, 0.2) is 12.4 Å². The van der Waals surface area contributed by atoms with Gasteiger partial charge in [-0.05, 0) is 12.3 Å². The first-order valence-corrected chi connectivity index (χ1v) is 6.04. The van der Waals surface area contributed by atoms with Gasteiger partial charge in [-0.3, -0.25) is 0 Å². The molecule has 1 aromatic rings. The van der Waals surface area contributed by atoms with Crippen molar-refractivity contribution >= 4 is 17.4 Å². The van der Waals surface area contributed by atoms with Crippen LogP contribution in [0.1, 0.15) is 12.8 Å². The third kappa shape index (κ3) is 1.86. The van der Waals surface area contributed by atoms with E-state index >= 15 is 0 Å². The molecule has 2 fully saturated rings. The van der Waals surface area contributed by atoms with Gasteiger partial charge in [-0.25, -0.2) is 18.7 Å². The topological polar surface area (TPSA) is 29.0 Å². The van der Waals surface area contributed by atoms with Gasteiger partial charge in [-0.15, -0.1) is 0 Å². The van der Waals surface area contributed by atoms with Crippen LogP contribution in [-0.2, 0) is 0 Å². The first-order valence-electron chi connectivity index (χ1n) is 5.66. The van der Waals surface area contributed by atoms with E-state index in [9.17, 15) is 8.78 Å². The van der Waals surface area contributed by atoms with E-state index in [1.54, 1.807) is 6.07 Å². The Kier molecular flexibility index (Phi) is 2.47. The van der Waals surface area contributed by atoms with Crippen molar-refractivity contribution in [3.63, 3.8) is 0 Å². The lowest BCUT2D eigenvalue weighted by Gasteiger charge is -2.20. The Morgan fingerprint density at radius 2 is 2.18 bits per heavy atom. The molecule has 6 heteroatoms. The molecule has 3 rings (SSSR count). The number of alkyl halides is 2. The second kappa shape index (κ2) is 3.77. The number of halogens is 3. The van der Waals surface area contributed by atoms with E-state index in [-0.39, 0.29) is 12.3 Å². The summed E-state index contributed by atoms with van der Waals surface area (Å²) in [6, 6.07) is 1.63. The maximum atomic E-state index is 13.6. The summed E-state index contributed by atoms with van der Waals surface area (Å²) in [6.45, 7) is 1.01. The van der Waals surface area contributed by atoms with Gasteiger partial charge < -0.3 is 4.90 Å². The first kappa shape index (κ1) is 11.1. The van der Waals surface area contributed by atoms with E-state index in [1.165, 1.54) is 6.33 Å². The zero-order valence-electron chi connectivity index (χ0n) is 9.11. The predicted octanol–water partition coefficient (Wildman–Crippen LogP) is 2.61. The number of anilines is 1. The van der Waals surface area contributed by atoms with Crippen molar-refractivity contribution in [3.05, 3.63) is 17.5 Å². The van der Waals surface area contributed by atoms with Crippen molar-refractivity contribution in [1.29, 1.82) is 0 Å². The lowest BCUT2D eigenvalue weighted by atomic mass is 9.99. The van der Waals surface area contributed by atoms with E-state index in [0.29, 0.717) is 30.5 Å². The molecule has 17 heavy (non-hydrogen) atoms. The molecule has 1 aromatic heterocycles. The minimum Gasteiger partial charge on any atom is -0.356 e. The minimum atomic E-state index is -2.52. The molecule has 0 aromatic carbocycles. The van der Waals surface area contributed by atoms with Crippen LogP contribution in [0.3, 0.4) is 0 Å². The average Bonchev–Trinajstić information content (AvgIpc) is 2.81. The summed E-state index contributed by atoms with van der Waals surface area (Å²) < 4.78 is 27.2. The van der Waals surface area contributed by atoms with Crippen molar-refractivity contribution in [2.45, 2.75) is 18.8 Å². The van der Waals surface area contributed by atoms with Crippen LogP contribution in [0.2, 0.25) is 5.15 Å². The lowest BCUT2D eigenvalue weighted by Crippen LogP contribution is -2.29. The average molecular weight is 260 g/mol. The third-order valence-electron chi connectivity index (χ3n) is 3.78. The van der Waals surface area contributed by atoms with E-state index < -0.39 is 11.8 Å². The van der Waals surface area contributed by atoms with Crippen LogP contribution in [0, 0.1) is 11.8 Å². The molecule has 1 saturated heterocycles. The Bertz CT molecular complexity index is 440. The van der Waals surface area contributed by atoms with Gasteiger partial charge in [-0.2, -0.15) is 0 Å². The van der Waals surface area contributed by atoms with Gasteiger partial charge in [-0.1, -0.05) is 11.6 Å². The zero-order chi connectivity index (χ0) is 12.0. The fraction of sp³-hybridized carbons (Fsp3) is 0.636. The molecular formula is C11H12ClF2N3. The number of fused-ring (bicyclic) bond motifs is 1. The molecule has 0 unspecified atom stereocenters. The van der Waals surface area contributed by atoms with E-state index in [1.807, 2.05) is 4.90 Å². The minimum absolute atomic E-state index is 0.0285. The highest BCUT2D eigenvalue weighted by atomic mass is 35.5. The van der Waals surface area contributed by atoms with Crippen molar-refractivity contribution in [1.82, 2.24) is 9.97 Å². The Balaban J connectivity index is 1.81. The second-order valence-electron chi connectivity index (χ2n) is 4.77. The molecule has 3 nitrogen and oxygen atoms in total. The van der Waals surface area contributed by atoms with Crippen molar-refractivity contribution in [3.8, 4) is 0 Å². The predicted molar refractivity (Wildman–Crippen MR) is 60.4 cm³/mol. The largest absolute Gasteiger partial charge is 0.356 e. The highest BCUT2D eigenvalue weighted by molar-refractivity contribution is 6.29. The van der Waals surface area contributed by atoms with Crippen LogP contribution in [0.5, 0.6) is 0 Å². The van der Waals surface area contributed by atoms with Gasteiger partial charge in [0, 0.05) is 31.5 Å². The number of rotatable bonds is 1. The molecular weight excluding hydrogens is 248 g/mol. The molecule has 0 bridgehead atoms. The van der Waals surface area contributed by atoms with Crippen molar-refractivity contribution in [2.75, 3.05) is 18.0 Å². The molecule has 0 N–H and O–H groups in total. The molecule has 92 valence electrons. The molecule has 1 aliphatic carbocycles. The van der Waals surface area contributed by atoms with Crippen LogP contribution >= 0.6 is 11.6 Å². The Morgan fingerprint density at radius 1 is 1.35 bits per heavy atom. The lowest BCUT2D eigenvalue weighted by molar-refractivity contribution is -0.0351. The fourth-order valence-corrected chi connectivity index (χ4v) is 3.03. The van der Waals surface area contributed by atoms with Crippen LogP contribution in [-0.4, -0.2) is 29.0 Å². The summed E-state index contributed by atoms with van der Waals surface area (Å²) in [5.74, 6) is -2.32. The van der Waals surface area contributed by atoms with Crippen LogP contribution < -0.4 is 4.90 Å². The van der Waals surface area contributed by atoms with E-state index in [2.05, 4.69) is 9.97 Å². The van der Waals surface area contributed by atoms with Crippen LogP contribution in [0.25, 0.3) is 0 Å². The summed E-state index contributed by atoms with van der Waals surface area (Å²) >= 11 is 5.77. The monoisotopic (exact) mass is 259 g/mol. The third-order valence-corrected chi connectivity index (χ3v) is 3.98. The number of aromatic nitrogens is 2. The normalized spacial score (nSPS) is 30.6. The van der Waals surface area contributed by atoms with Crippen LogP contribution in [0.4, 0.5) is 14.6 Å². The van der Waals surface area contributed by atoms with Gasteiger partial charge in [0.15, 0.2) is 0 Å². The zero-order valence-corrected chi connectivity index (χ0v) is 9.87. The van der Waals surface area contributed by atoms with E-state index in [0.717, 1.165) is 0 Å². The van der Waals surface area contributed by atoms with Gasteiger partial charge in [0.05, 0.1) is 0 Å². The second-order valence-corrected chi connectivity index (χ2v) is 5.16. The van der Waals surface area contributed by atoms with Gasteiger partial charge in [0.2, 0.25) is 0 Å². The Labute approximate surface area is 103 Å². The van der Waals surface area contributed by atoms with Crippen molar-refractivity contribution in [2.24, 2.45) is 11.8 Å². The maximum absolute atomic E-state index is 13.6. The summed E-state index contributed by atoms with van der Waals surface area (Å²) in [5, 5.41) is 0.346. The fourth-order valence-electron chi connectivity index (χ4n) is 2.89. The first-order chi connectivity index (χ1) is 8.06. The molecule has 2 heterocycles. The Morgan fingerprint density at radius 3 is 2.88 bits per heavy atom. The van der Waals surface area contributed by atoms with Gasteiger partial charge >= 0.3 is 0 Å². The smallest absolute Gasteiger partial charge is 0.252 e. The van der Waals surface area contributed by atoms with Crippen molar-refractivity contribution < 1.29 is 8.78 Å². The summed E-state index contributed by atoms with van der Waals surface area (Å²) in [5.41, 5.74) is 0. The summed E-state index contributed by atoms with van der Waals surface area (Å²) in [7, 11) is 0. The number of hydrogen-bond donors (Lipinski definition) is 0. The summed E-state index contributed by atoms with van der Waals surface area (Å²) in [4.78, 5) is 9.76. The van der Waals surface area contributed by atoms with E-state index in [4.69, 9.17) is 11.6 Å². The molecule has 1 aliphatic heterocycles. The number of hydrogen-bond acceptors (Lipinski definition) is 3. The molecule has 0 spiro atoms. The van der Waals surface area contributed by atoms with Gasteiger partial charge in [0.25, 0.3) is 5.92 Å². The Hall–Kier alpha value is -0.970. The highest BCUT2D eigenvalue weighted by Gasteiger charge is 2.54.